The highest BCUT2D eigenvalue weighted by Gasteiger charge is 2.19. The van der Waals surface area contributed by atoms with Crippen LogP contribution in [0, 0.1) is 5.82 Å². The lowest BCUT2D eigenvalue weighted by molar-refractivity contribution is 0.528. The van der Waals surface area contributed by atoms with Crippen LogP contribution in [0.2, 0.25) is 10.0 Å². The van der Waals surface area contributed by atoms with E-state index in [0.29, 0.717) is 22.0 Å². The monoisotopic (exact) mass is 389 g/mol. The molecule has 1 nitrogen and oxygen atoms in total. The molecule has 0 radical (unpaired) electrons. The molecular weight excluding hydrogens is 376 g/mol. The molecule has 2 aromatic rings. The highest BCUT2D eigenvalue weighted by Crippen LogP contribution is 2.32. The molecule has 112 valence electrons. The number of likely N-dealkylation sites (N-methyl/N-ethyl adjacent to an activating group) is 1. The largest absolute Gasteiger partial charge is 0.310 e. The van der Waals surface area contributed by atoms with Crippen molar-refractivity contribution >= 4 is 39.1 Å². The number of nitrogens with one attached hydrogen (secondary N) is 1. The summed E-state index contributed by atoms with van der Waals surface area (Å²) in [4.78, 5) is 0. The van der Waals surface area contributed by atoms with Gasteiger partial charge in [0.25, 0.3) is 0 Å². The van der Waals surface area contributed by atoms with Crippen molar-refractivity contribution in [3.8, 4) is 0 Å². The van der Waals surface area contributed by atoms with Crippen molar-refractivity contribution in [2.24, 2.45) is 0 Å². The molecular formula is C16H15BrCl2FN. The summed E-state index contributed by atoms with van der Waals surface area (Å²) >= 11 is 15.8. The van der Waals surface area contributed by atoms with E-state index in [-0.39, 0.29) is 11.9 Å². The third-order valence-corrected chi connectivity index (χ3v) is 4.39. The smallest absolute Gasteiger partial charge is 0.127 e. The summed E-state index contributed by atoms with van der Waals surface area (Å²) in [6.07, 6.45) is 0.483. The molecule has 1 N–H and O–H groups in total. The van der Waals surface area contributed by atoms with Crippen molar-refractivity contribution in [3.63, 3.8) is 0 Å². The minimum atomic E-state index is -0.240. The van der Waals surface area contributed by atoms with Crippen molar-refractivity contribution in [1.82, 2.24) is 5.32 Å². The van der Waals surface area contributed by atoms with E-state index >= 15 is 0 Å². The van der Waals surface area contributed by atoms with Crippen LogP contribution < -0.4 is 5.32 Å². The van der Waals surface area contributed by atoms with Crippen molar-refractivity contribution in [3.05, 3.63) is 67.9 Å². The van der Waals surface area contributed by atoms with Gasteiger partial charge in [0, 0.05) is 26.1 Å². The summed E-state index contributed by atoms with van der Waals surface area (Å²) in [7, 11) is 0. The molecule has 1 unspecified atom stereocenters. The average molecular weight is 391 g/mol. The molecule has 0 amide bonds. The third kappa shape index (κ3) is 4.19. The second-order valence-electron chi connectivity index (χ2n) is 4.69. The van der Waals surface area contributed by atoms with Gasteiger partial charge in [0.15, 0.2) is 0 Å². The first-order chi connectivity index (χ1) is 10.0. The second kappa shape index (κ2) is 7.59. The molecule has 0 saturated heterocycles. The van der Waals surface area contributed by atoms with Crippen molar-refractivity contribution in [2.75, 3.05) is 6.54 Å². The van der Waals surface area contributed by atoms with E-state index in [1.807, 2.05) is 13.0 Å². The van der Waals surface area contributed by atoms with E-state index in [1.165, 1.54) is 6.07 Å². The van der Waals surface area contributed by atoms with Gasteiger partial charge < -0.3 is 5.32 Å². The van der Waals surface area contributed by atoms with Gasteiger partial charge in [0.05, 0.1) is 0 Å². The number of hydrogen-bond acceptors (Lipinski definition) is 1. The average Bonchev–Trinajstić information content (AvgIpc) is 2.41. The van der Waals surface area contributed by atoms with E-state index in [9.17, 15) is 4.39 Å². The molecule has 1 atom stereocenters. The summed E-state index contributed by atoms with van der Waals surface area (Å²) in [6.45, 7) is 2.74. The van der Waals surface area contributed by atoms with Gasteiger partial charge in [0.1, 0.15) is 5.82 Å². The van der Waals surface area contributed by atoms with Crippen LogP contribution in [-0.2, 0) is 6.42 Å². The van der Waals surface area contributed by atoms with Gasteiger partial charge in [-0.1, -0.05) is 58.2 Å². The molecule has 5 heteroatoms. The molecule has 0 spiro atoms. The van der Waals surface area contributed by atoms with Gasteiger partial charge in [0.2, 0.25) is 0 Å². The quantitative estimate of drug-likeness (QED) is 0.681. The summed E-state index contributed by atoms with van der Waals surface area (Å²) in [5, 5.41) is 4.50. The Kier molecular flexibility index (Phi) is 6.06. The van der Waals surface area contributed by atoms with Gasteiger partial charge in [-0.05, 0) is 42.8 Å². The topological polar surface area (TPSA) is 12.0 Å². The summed E-state index contributed by atoms with van der Waals surface area (Å²) in [5.74, 6) is -0.240. The van der Waals surface area contributed by atoms with Crippen LogP contribution in [-0.4, -0.2) is 6.54 Å². The predicted molar refractivity (Wildman–Crippen MR) is 90.7 cm³/mol. The highest BCUT2D eigenvalue weighted by atomic mass is 79.9. The SMILES string of the molecule is CCNC(Cc1ccc(Br)cc1F)c1c(Cl)cccc1Cl. The van der Waals surface area contributed by atoms with E-state index in [2.05, 4.69) is 21.2 Å². The van der Waals surface area contributed by atoms with Crippen LogP contribution in [0.5, 0.6) is 0 Å². The number of hydrogen-bond donors (Lipinski definition) is 1. The highest BCUT2D eigenvalue weighted by molar-refractivity contribution is 9.10. The Morgan fingerprint density at radius 2 is 1.86 bits per heavy atom. The Labute approximate surface area is 142 Å². The fraction of sp³-hybridized carbons (Fsp3) is 0.250. The van der Waals surface area contributed by atoms with Crippen LogP contribution in [0.1, 0.15) is 24.1 Å². The fourth-order valence-electron chi connectivity index (χ4n) is 2.27. The summed E-state index contributed by atoms with van der Waals surface area (Å²) < 4.78 is 14.8. The normalized spacial score (nSPS) is 12.4. The lowest BCUT2D eigenvalue weighted by Crippen LogP contribution is -2.24. The van der Waals surface area contributed by atoms with E-state index in [1.54, 1.807) is 24.3 Å². The minimum absolute atomic E-state index is 0.133. The molecule has 0 bridgehead atoms. The molecule has 0 aliphatic carbocycles. The van der Waals surface area contributed by atoms with Gasteiger partial charge >= 0.3 is 0 Å². The van der Waals surface area contributed by atoms with Crippen LogP contribution in [0.25, 0.3) is 0 Å². The Morgan fingerprint density at radius 1 is 1.19 bits per heavy atom. The van der Waals surface area contributed by atoms with Crippen molar-refractivity contribution < 1.29 is 4.39 Å². The van der Waals surface area contributed by atoms with Gasteiger partial charge in [-0.15, -0.1) is 0 Å². The second-order valence-corrected chi connectivity index (χ2v) is 6.42. The Balaban J connectivity index is 2.35. The zero-order valence-electron chi connectivity index (χ0n) is 11.5. The Hall–Kier alpha value is -0.610. The van der Waals surface area contributed by atoms with Crippen LogP contribution in [0.15, 0.2) is 40.9 Å². The summed E-state index contributed by atoms with van der Waals surface area (Å²) in [5.41, 5.74) is 1.44. The molecule has 0 aliphatic heterocycles. The maximum Gasteiger partial charge on any atom is 0.127 e. The number of benzene rings is 2. The minimum Gasteiger partial charge on any atom is -0.310 e. The van der Waals surface area contributed by atoms with Gasteiger partial charge in [-0.3, -0.25) is 0 Å². The lowest BCUT2D eigenvalue weighted by Gasteiger charge is -2.21. The number of halogens is 4. The Bertz CT molecular complexity index is 613. The van der Waals surface area contributed by atoms with E-state index in [0.717, 1.165) is 16.6 Å². The first kappa shape index (κ1) is 16.8. The number of rotatable bonds is 5. The lowest BCUT2D eigenvalue weighted by atomic mass is 9.98. The standard InChI is InChI=1S/C16H15BrCl2FN/c1-2-21-15(16-12(18)4-3-5-13(16)19)8-10-6-7-11(17)9-14(10)20/h3-7,9,15,21H,2,8H2,1H3. The third-order valence-electron chi connectivity index (χ3n) is 3.24. The Morgan fingerprint density at radius 3 is 2.43 bits per heavy atom. The first-order valence-electron chi connectivity index (χ1n) is 6.64. The zero-order valence-corrected chi connectivity index (χ0v) is 14.6. The first-order valence-corrected chi connectivity index (χ1v) is 8.19. The maximum atomic E-state index is 14.0. The molecule has 0 fully saturated rings. The molecule has 0 aliphatic rings. The van der Waals surface area contributed by atoms with Crippen LogP contribution >= 0.6 is 39.1 Å². The zero-order chi connectivity index (χ0) is 15.4. The summed E-state index contributed by atoms with van der Waals surface area (Å²) in [6, 6.07) is 10.3. The molecule has 0 heterocycles. The molecule has 2 aromatic carbocycles. The van der Waals surface area contributed by atoms with Crippen molar-refractivity contribution in [2.45, 2.75) is 19.4 Å². The van der Waals surface area contributed by atoms with Gasteiger partial charge in [-0.2, -0.15) is 0 Å². The van der Waals surface area contributed by atoms with E-state index in [4.69, 9.17) is 23.2 Å². The molecule has 21 heavy (non-hydrogen) atoms. The van der Waals surface area contributed by atoms with Crippen LogP contribution in [0.3, 0.4) is 0 Å². The van der Waals surface area contributed by atoms with Crippen molar-refractivity contribution in [1.29, 1.82) is 0 Å². The van der Waals surface area contributed by atoms with Gasteiger partial charge in [-0.25, -0.2) is 4.39 Å². The fourth-order valence-corrected chi connectivity index (χ4v) is 3.27. The van der Waals surface area contributed by atoms with Crippen LogP contribution in [0.4, 0.5) is 4.39 Å². The maximum absolute atomic E-state index is 14.0. The molecule has 0 saturated carbocycles. The molecule has 0 aromatic heterocycles. The molecule has 2 rings (SSSR count). The predicted octanol–water partition coefficient (Wildman–Crippen LogP) is 5.79. The van der Waals surface area contributed by atoms with E-state index < -0.39 is 0 Å².